The zero-order chi connectivity index (χ0) is 10.8. The SMILES string of the molecule is Cc1cn(CC2CCNC2)c(=O)[nH]c1=O. The molecule has 82 valence electrons. The first kappa shape index (κ1) is 10.2. The van der Waals surface area contributed by atoms with Crippen molar-refractivity contribution in [2.45, 2.75) is 19.9 Å². The molecule has 0 aromatic carbocycles. The Morgan fingerprint density at radius 3 is 3.00 bits per heavy atom. The second kappa shape index (κ2) is 4.02. The third kappa shape index (κ3) is 2.18. The van der Waals surface area contributed by atoms with Gasteiger partial charge >= 0.3 is 5.69 Å². The van der Waals surface area contributed by atoms with Crippen LogP contribution in [0.2, 0.25) is 0 Å². The Morgan fingerprint density at radius 2 is 2.33 bits per heavy atom. The molecule has 1 aromatic heterocycles. The highest BCUT2D eigenvalue weighted by molar-refractivity contribution is 5.00. The predicted octanol–water partition coefficient (Wildman–Crippen LogP) is -0.545. The van der Waals surface area contributed by atoms with Crippen molar-refractivity contribution in [3.63, 3.8) is 0 Å². The molecule has 0 radical (unpaired) electrons. The normalized spacial score (nSPS) is 20.7. The fourth-order valence-corrected chi connectivity index (χ4v) is 1.90. The zero-order valence-electron chi connectivity index (χ0n) is 8.75. The van der Waals surface area contributed by atoms with Crippen LogP contribution >= 0.6 is 0 Å². The number of hydrogen-bond acceptors (Lipinski definition) is 3. The van der Waals surface area contributed by atoms with Crippen LogP contribution in [0.5, 0.6) is 0 Å². The summed E-state index contributed by atoms with van der Waals surface area (Å²) in [6, 6.07) is 0. The molecule has 1 saturated heterocycles. The van der Waals surface area contributed by atoms with Gasteiger partial charge in [0.05, 0.1) is 0 Å². The lowest BCUT2D eigenvalue weighted by Crippen LogP contribution is -2.32. The molecule has 0 saturated carbocycles. The molecule has 5 heteroatoms. The largest absolute Gasteiger partial charge is 0.328 e. The van der Waals surface area contributed by atoms with Gasteiger partial charge in [-0.15, -0.1) is 0 Å². The molecule has 1 aliphatic heterocycles. The van der Waals surface area contributed by atoms with Gasteiger partial charge in [-0.05, 0) is 32.4 Å². The summed E-state index contributed by atoms with van der Waals surface area (Å²) in [5.74, 6) is 0.494. The molecule has 1 aromatic rings. The molecule has 0 aliphatic carbocycles. The molecule has 0 spiro atoms. The van der Waals surface area contributed by atoms with E-state index in [1.807, 2.05) is 0 Å². The molecule has 0 amide bonds. The van der Waals surface area contributed by atoms with Gasteiger partial charge in [0.25, 0.3) is 5.56 Å². The van der Waals surface area contributed by atoms with Crippen molar-refractivity contribution in [3.05, 3.63) is 32.6 Å². The van der Waals surface area contributed by atoms with Crippen LogP contribution in [0, 0.1) is 12.8 Å². The van der Waals surface area contributed by atoms with Gasteiger partial charge in [0.15, 0.2) is 0 Å². The van der Waals surface area contributed by atoms with Crippen LogP contribution in [-0.4, -0.2) is 22.6 Å². The van der Waals surface area contributed by atoms with Crippen LogP contribution in [-0.2, 0) is 6.54 Å². The van der Waals surface area contributed by atoms with E-state index in [4.69, 9.17) is 0 Å². The Balaban J connectivity index is 2.24. The lowest BCUT2D eigenvalue weighted by molar-refractivity contribution is 0.464. The van der Waals surface area contributed by atoms with E-state index >= 15 is 0 Å². The summed E-state index contributed by atoms with van der Waals surface area (Å²) in [5, 5.41) is 3.25. The number of nitrogens with one attached hydrogen (secondary N) is 2. The Hall–Kier alpha value is -1.36. The maximum atomic E-state index is 11.5. The summed E-state index contributed by atoms with van der Waals surface area (Å²) in [4.78, 5) is 24.9. The first-order chi connectivity index (χ1) is 7.16. The smallest absolute Gasteiger partial charge is 0.316 e. The van der Waals surface area contributed by atoms with E-state index in [0.29, 0.717) is 18.0 Å². The molecular formula is C10H15N3O2. The van der Waals surface area contributed by atoms with Crippen LogP contribution in [0.1, 0.15) is 12.0 Å². The fourth-order valence-electron chi connectivity index (χ4n) is 1.90. The number of aromatic nitrogens is 2. The molecule has 2 N–H and O–H groups in total. The Labute approximate surface area is 87.1 Å². The van der Waals surface area contributed by atoms with E-state index in [2.05, 4.69) is 10.3 Å². The van der Waals surface area contributed by atoms with E-state index in [1.165, 1.54) is 0 Å². The number of hydrogen-bond donors (Lipinski definition) is 2. The first-order valence-corrected chi connectivity index (χ1v) is 5.18. The predicted molar refractivity (Wildman–Crippen MR) is 57.0 cm³/mol. The number of aromatic amines is 1. The second-order valence-electron chi connectivity index (χ2n) is 4.08. The van der Waals surface area contributed by atoms with Crippen molar-refractivity contribution in [1.82, 2.24) is 14.9 Å². The number of aryl methyl sites for hydroxylation is 1. The number of nitrogens with zero attached hydrogens (tertiary/aromatic N) is 1. The van der Waals surface area contributed by atoms with E-state index < -0.39 is 0 Å². The monoisotopic (exact) mass is 209 g/mol. The van der Waals surface area contributed by atoms with Crippen molar-refractivity contribution in [3.8, 4) is 0 Å². The molecular weight excluding hydrogens is 194 g/mol. The van der Waals surface area contributed by atoms with E-state index in [1.54, 1.807) is 17.7 Å². The molecule has 1 atom stereocenters. The summed E-state index contributed by atoms with van der Waals surface area (Å²) in [6.45, 7) is 4.36. The van der Waals surface area contributed by atoms with Crippen molar-refractivity contribution in [2.24, 2.45) is 5.92 Å². The third-order valence-corrected chi connectivity index (χ3v) is 2.81. The third-order valence-electron chi connectivity index (χ3n) is 2.81. The first-order valence-electron chi connectivity index (χ1n) is 5.18. The van der Waals surface area contributed by atoms with Crippen molar-refractivity contribution >= 4 is 0 Å². The van der Waals surface area contributed by atoms with E-state index in [-0.39, 0.29) is 11.2 Å². The van der Waals surface area contributed by atoms with Crippen molar-refractivity contribution in [1.29, 1.82) is 0 Å². The van der Waals surface area contributed by atoms with Gasteiger partial charge in [-0.25, -0.2) is 4.79 Å². The molecule has 2 rings (SSSR count). The Bertz CT molecular complexity index is 454. The summed E-state index contributed by atoms with van der Waals surface area (Å²) in [7, 11) is 0. The molecule has 5 nitrogen and oxygen atoms in total. The minimum absolute atomic E-state index is 0.291. The molecule has 15 heavy (non-hydrogen) atoms. The molecule has 1 unspecified atom stereocenters. The minimum Gasteiger partial charge on any atom is -0.316 e. The Kier molecular flexibility index (Phi) is 2.73. The van der Waals surface area contributed by atoms with Gasteiger partial charge in [-0.3, -0.25) is 9.78 Å². The van der Waals surface area contributed by atoms with Gasteiger partial charge in [-0.2, -0.15) is 0 Å². The molecule has 2 heterocycles. The van der Waals surface area contributed by atoms with Gasteiger partial charge in [0, 0.05) is 18.3 Å². The van der Waals surface area contributed by atoms with Gasteiger partial charge in [0.1, 0.15) is 0 Å². The van der Waals surface area contributed by atoms with Crippen LogP contribution < -0.4 is 16.6 Å². The highest BCUT2D eigenvalue weighted by atomic mass is 16.2. The summed E-state index contributed by atoms with van der Waals surface area (Å²) in [6.07, 6.45) is 2.73. The standard InChI is InChI=1S/C10H15N3O2/c1-7-5-13(10(15)12-9(7)14)6-8-2-3-11-4-8/h5,8,11H,2-4,6H2,1H3,(H,12,14,15). The number of rotatable bonds is 2. The maximum Gasteiger partial charge on any atom is 0.328 e. The average Bonchev–Trinajstić information content (AvgIpc) is 2.67. The molecule has 1 fully saturated rings. The Morgan fingerprint density at radius 1 is 1.53 bits per heavy atom. The average molecular weight is 209 g/mol. The quantitative estimate of drug-likeness (QED) is 0.687. The maximum absolute atomic E-state index is 11.5. The molecule has 1 aliphatic rings. The van der Waals surface area contributed by atoms with E-state index in [9.17, 15) is 9.59 Å². The highest BCUT2D eigenvalue weighted by Gasteiger charge is 2.15. The van der Waals surface area contributed by atoms with Crippen molar-refractivity contribution in [2.75, 3.05) is 13.1 Å². The lowest BCUT2D eigenvalue weighted by Gasteiger charge is -2.10. The summed E-state index contributed by atoms with van der Waals surface area (Å²) in [5.41, 5.74) is -0.0150. The van der Waals surface area contributed by atoms with Gasteiger partial charge in [-0.1, -0.05) is 0 Å². The van der Waals surface area contributed by atoms with Crippen LogP contribution in [0.25, 0.3) is 0 Å². The van der Waals surface area contributed by atoms with Crippen molar-refractivity contribution < 1.29 is 0 Å². The van der Waals surface area contributed by atoms with Crippen LogP contribution in [0.4, 0.5) is 0 Å². The zero-order valence-corrected chi connectivity index (χ0v) is 8.75. The summed E-state index contributed by atoms with van der Waals surface area (Å²) < 4.78 is 1.59. The van der Waals surface area contributed by atoms with Crippen LogP contribution in [0.15, 0.2) is 15.8 Å². The lowest BCUT2D eigenvalue weighted by atomic mass is 10.1. The summed E-state index contributed by atoms with van der Waals surface area (Å²) >= 11 is 0. The second-order valence-corrected chi connectivity index (χ2v) is 4.08. The molecule has 0 bridgehead atoms. The van der Waals surface area contributed by atoms with Crippen LogP contribution in [0.3, 0.4) is 0 Å². The fraction of sp³-hybridized carbons (Fsp3) is 0.600. The van der Waals surface area contributed by atoms with Gasteiger partial charge < -0.3 is 9.88 Å². The number of H-pyrrole nitrogens is 1. The minimum atomic E-state index is -0.308. The van der Waals surface area contributed by atoms with E-state index in [0.717, 1.165) is 19.5 Å². The topological polar surface area (TPSA) is 66.9 Å². The highest BCUT2D eigenvalue weighted by Crippen LogP contribution is 2.08. The van der Waals surface area contributed by atoms with Gasteiger partial charge in [0.2, 0.25) is 0 Å².